The lowest BCUT2D eigenvalue weighted by Gasteiger charge is -2.25. The van der Waals surface area contributed by atoms with Gasteiger partial charge in [0.05, 0.1) is 41.4 Å². The molecule has 3 heterocycles. The van der Waals surface area contributed by atoms with E-state index in [9.17, 15) is 23.9 Å². The maximum atomic E-state index is 14.7. The van der Waals surface area contributed by atoms with Crippen LogP contribution in [-0.4, -0.2) is 56.2 Å². The number of aliphatic hydroxyl groups is 1. The zero-order chi connectivity index (χ0) is 31.5. The van der Waals surface area contributed by atoms with Crippen molar-refractivity contribution in [2.75, 3.05) is 17.7 Å². The van der Waals surface area contributed by atoms with E-state index in [1.807, 2.05) is 0 Å². The van der Waals surface area contributed by atoms with E-state index in [2.05, 4.69) is 36.0 Å². The molecule has 14 heteroatoms. The number of hydrogen-bond donors (Lipinski definition) is 4. The van der Waals surface area contributed by atoms with Crippen LogP contribution in [0.1, 0.15) is 47.7 Å². The molecule has 0 unspecified atom stereocenters. The van der Waals surface area contributed by atoms with Gasteiger partial charge in [-0.3, -0.25) is 19.9 Å². The quantitative estimate of drug-likeness (QED) is 0.253. The number of pyridine rings is 1. The van der Waals surface area contributed by atoms with Crippen molar-refractivity contribution in [3.05, 3.63) is 82.6 Å². The second-order valence-corrected chi connectivity index (χ2v) is 10.8. The lowest BCUT2D eigenvalue weighted by atomic mass is 9.93. The van der Waals surface area contributed by atoms with Crippen LogP contribution >= 0.6 is 11.6 Å². The van der Waals surface area contributed by atoms with Crippen LogP contribution in [0.3, 0.4) is 0 Å². The first kappa shape index (κ1) is 30.6. The Morgan fingerprint density at radius 2 is 1.98 bits per heavy atom. The minimum absolute atomic E-state index is 0.0354. The number of anilines is 2. The number of fused-ring (bicyclic) bond motifs is 4. The number of halogens is 2. The van der Waals surface area contributed by atoms with E-state index >= 15 is 0 Å². The molecule has 4 aromatic rings. The molecule has 0 aliphatic carbocycles. The number of amides is 3. The zero-order valence-corrected chi connectivity index (χ0v) is 24.7. The predicted octanol–water partition coefficient (Wildman–Crippen LogP) is 4.81. The average Bonchev–Trinajstić information content (AvgIpc) is 3.38. The van der Waals surface area contributed by atoms with Crippen molar-refractivity contribution in [1.82, 2.24) is 25.3 Å². The minimum Gasteiger partial charge on any atom is -0.453 e. The third kappa shape index (κ3) is 6.38. The van der Waals surface area contributed by atoms with E-state index in [1.54, 1.807) is 56.4 Å². The van der Waals surface area contributed by atoms with Gasteiger partial charge in [0.15, 0.2) is 11.5 Å². The van der Waals surface area contributed by atoms with E-state index in [4.69, 9.17) is 11.6 Å². The third-order valence-corrected chi connectivity index (χ3v) is 7.61. The Labute approximate surface area is 256 Å². The van der Waals surface area contributed by atoms with Gasteiger partial charge in [-0.2, -0.15) is 0 Å². The molecule has 3 atom stereocenters. The number of hydrogen-bond acceptors (Lipinski definition) is 8. The van der Waals surface area contributed by atoms with Gasteiger partial charge in [-0.05, 0) is 61.7 Å². The van der Waals surface area contributed by atoms with Gasteiger partial charge in [0.2, 0.25) is 5.91 Å². The number of methoxy groups -OCH3 is 1. The number of carbonyl (C=O) groups is 3. The standard InChI is InChI=1S/C30H29ClFN7O5/c1-15-11-19(40)14-24(36-29(42)27-16(2)39(38-37-27)25-6-4-5-21(31)26(25)32)23-12-17(9-10-33-23)20-8-7-18(34-30(43)44-3)13-22(20)35-28(15)41/h4-10,12-13,15,19,24,40H,11,14H2,1-3H3,(H,34,43)(H,35,41)(H,36,42)/t15-,19+,24+/m1/s1. The highest BCUT2D eigenvalue weighted by molar-refractivity contribution is 6.30. The summed E-state index contributed by atoms with van der Waals surface area (Å²) in [7, 11) is 1.24. The van der Waals surface area contributed by atoms with Crippen molar-refractivity contribution >= 4 is 40.9 Å². The van der Waals surface area contributed by atoms with Crippen molar-refractivity contribution in [2.45, 2.75) is 38.8 Å². The summed E-state index contributed by atoms with van der Waals surface area (Å²) in [5, 5.41) is 27.2. The molecule has 0 saturated carbocycles. The van der Waals surface area contributed by atoms with Crippen molar-refractivity contribution < 1.29 is 28.6 Å². The molecule has 0 spiro atoms. The summed E-state index contributed by atoms with van der Waals surface area (Å²) in [6.07, 6.45) is 0.0375. The first-order valence-electron chi connectivity index (χ1n) is 13.7. The topological polar surface area (TPSA) is 160 Å². The van der Waals surface area contributed by atoms with E-state index < -0.39 is 35.9 Å². The molecule has 12 nitrogen and oxygen atoms in total. The lowest BCUT2D eigenvalue weighted by molar-refractivity contribution is -0.120. The Morgan fingerprint density at radius 1 is 1.18 bits per heavy atom. The van der Waals surface area contributed by atoms with Gasteiger partial charge >= 0.3 is 6.09 Å². The minimum atomic E-state index is -0.991. The van der Waals surface area contributed by atoms with E-state index in [1.165, 1.54) is 23.9 Å². The van der Waals surface area contributed by atoms with Crippen LogP contribution in [-0.2, 0) is 9.53 Å². The number of ether oxygens (including phenoxy) is 1. The largest absolute Gasteiger partial charge is 0.453 e. The molecule has 2 aromatic heterocycles. The van der Waals surface area contributed by atoms with Crippen molar-refractivity contribution in [2.24, 2.45) is 5.92 Å². The fourth-order valence-electron chi connectivity index (χ4n) is 5.00. The molecule has 1 aliphatic heterocycles. The van der Waals surface area contributed by atoms with Gasteiger partial charge in [-0.25, -0.2) is 13.9 Å². The van der Waals surface area contributed by atoms with Crippen LogP contribution in [0.5, 0.6) is 0 Å². The molecule has 2 aromatic carbocycles. The number of carbonyl (C=O) groups excluding carboxylic acids is 3. The summed E-state index contributed by atoms with van der Waals surface area (Å²) in [4.78, 5) is 42.9. The first-order valence-corrected chi connectivity index (χ1v) is 14.0. The summed E-state index contributed by atoms with van der Waals surface area (Å²) >= 11 is 5.93. The van der Waals surface area contributed by atoms with Gasteiger partial charge in [-0.1, -0.05) is 35.9 Å². The molecule has 1 aliphatic rings. The van der Waals surface area contributed by atoms with Crippen LogP contribution < -0.4 is 16.0 Å². The van der Waals surface area contributed by atoms with Crippen molar-refractivity contribution in [1.29, 1.82) is 0 Å². The molecular weight excluding hydrogens is 593 g/mol. The highest BCUT2D eigenvalue weighted by Crippen LogP contribution is 2.34. The second-order valence-electron chi connectivity index (χ2n) is 10.4. The summed E-state index contributed by atoms with van der Waals surface area (Å²) in [6, 6.07) is 12.1. The van der Waals surface area contributed by atoms with Gasteiger partial charge in [0.25, 0.3) is 5.91 Å². The zero-order valence-electron chi connectivity index (χ0n) is 24.0. The number of aromatic nitrogens is 4. The summed E-state index contributed by atoms with van der Waals surface area (Å²) < 4.78 is 20.5. The van der Waals surface area contributed by atoms with Crippen molar-refractivity contribution in [3.8, 4) is 16.8 Å². The first-order chi connectivity index (χ1) is 21.0. The number of aliphatic hydroxyl groups excluding tert-OH is 1. The van der Waals surface area contributed by atoms with Crippen LogP contribution in [0.25, 0.3) is 16.8 Å². The molecule has 2 bridgehead atoms. The number of nitrogens with one attached hydrogen (secondary N) is 3. The van der Waals surface area contributed by atoms with Gasteiger partial charge < -0.3 is 20.5 Å². The molecule has 44 heavy (non-hydrogen) atoms. The molecular formula is C30H29ClFN7O5. The Morgan fingerprint density at radius 3 is 2.75 bits per heavy atom. The molecule has 0 radical (unpaired) electrons. The van der Waals surface area contributed by atoms with Gasteiger partial charge in [0, 0.05) is 23.4 Å². The van der Waals surface area contributed by atoms with E-state index in [0.717, 1.165) is 0 Å². The van der Waals surface area contributed by atoms with Crippen LogP contribution in [0, 0.1) is 18.7 Å². The molecule has 0 fully saturated rings. The Kier molecular flexibility index (Phi) is 8.88. The second kappa shape index (κ2) is 12.8. The Bertz CT molecular complexity index is 1750. The Hall–Kier alpha value is -4.88. The molecule has 228 valence electrons. The Balaban J connectivity index is 1.51. The van der Waals surface area contributed by atoms with Gasteiger partial charge in [-0.15, -0.1) is 5.10 Å². The van der Waals surface area contributed by atoms with E-state index in [0.29, 0.717) is 28.2 Å². The molecule has 0 saturated heterocycles. The summed E-state index contributed by atoms with van der Waals surface area (Å²) in [5.41, 5.74) is 2.82. The average molecular weight is 622 g/mol. The predicted molar refractivity (Wildman–Crippen MR) is 160 cm³/mol. The molecule has 3 amide bonds. The van der Waals surface area contributed by atoms with Crippen LogP contribution in [0.4, 0.5) is 20.6 Å². The van der Waals surface area contributed by atoms with E-state index in [-0.39, 0.29) is 40.8 Å². The summed E-state index contributed by atoms with van der Waals surface area (Å²) in [5.74, 6) is -2.26. The van der Waals surface area contributed by atoms with Gasteiger partial charge in [0.1, 0.15) is 5.69 Å². The normalized spacial score (nSPS) is 18.2. The monoisotopic (exact) mass is 621 g/mol. The highest BCUT2D eigenvalue weighted by Gasteiger charge is 2.28. The van der Waals surface area contributed by atoms with Crippen molar-refractivity contribution in [3.63, 3.8) is 0 Å². The smallest absolute Gasteiger partial charge is 0.411 e. The number of rotatable bonds is 4. The van der Waals surface area contributed by atoms with Crippen LogP contribution in [0.15, 0.2) is 54.7 Å². The maximum absolute atomic E-state index is 14.7. The molecule has 5 rings (SSSR count). The lowest BCUT2D eigenvalue weighted by Crippen LogP contribution is -2.34. The highest BCUT2D eigenvalue weighted by atomic mass is 35.5. The fourth-order valence-corrected chi connectivity index (χ4v) is 5.17. The summed E-state index contributed by atoms with van der Waals surface area (Å²) in [6.45, 7) is 3.26. The molecule has 4 N–H and O–H groups in total. The fraction of sp³-hybridized carbons (Fsp3) is 0.267. The SMILES string of the molecule is COC(=O)Nc1ccc2c(c1)NC(=O)[C@H](C)C[C@H](O)C[C@H](NC(=O)c1nnn(-c3cccc(Cl)c3F)c1C)c1cc-2ccn1. The number of nitrogens with zero attached hydrogens (tertiary/aromatic N) is 4. The number of benzene rings is 2. The third-order valence-electron chi connectivity index (χ3n) is 7.31. The van der Waals surface area contributed by atoms with Crippen LogP contribution in [0.2, 0.25) is 5.02 Å². The maximum Gasteiger partial charge on any atom is 0.411 e.